The minimum absolute atomic E-state index is 0.194. The maximum Gasteiger partial charge on any atom is 0.328 e. The number of fused-ring (bicyclic) bond motifs is 3. The molecule has 0 aliphatic carbocycles. The van der Waals surface area contributed by atoms with Gasteiger partial charge in [0, 0.05) is 13.0 Å². The van der Waals surface area contributed by atoms with Gasteiger partial charge in [-0.15, -0.1) is 0 Å². The standard InChI is InChI=1S/C24H26N2O7/c1-5-25-23(27)16-8-13-9-17-18(33-7-6-32-17)12-15(13)21(26(16)24(25)28)14-10-19(29-2)22(31-4)20(11-14)30-3/h9-12,16,21H,5-8H2,1-4H3/t16-,21+/m0/s1. The van der Waals surface area contributed by atoms with Crippen molar-refractivity contribution in [3.63, 3.8) is 0 Å². The highest BCUT2D eigenvalue weighted by Gasteiger charge is 2.51. The molecule has 2 atom stereocenters. The lowest BCUT2D eigenvalue weighted by Crippen LogP contribution is -2.44. The quantitative estimate of drug-likeness (QED) is 0.642. The van der Waals surface area contributed by atoms with Crippen LogP contribution in [0.2, 0.25) is 0 Å². The number of amides is 3. The number of imide groups is 1. The Labute approximate surface area is 191 Å². The average molecular weight is 454 g/mol. The zero-order valence-electron chi connectivity index (χ0n) is 19.0. The van der Waals surface area contributed by atoms with Crippen LogP contribution in [0.5, 0.6) is 28.7 Å². The number of likely N-dealkylation sites (N-methyl/N-ethyl adjacent to an activating group) is 1. The summed E-state index contributed by atoms with van der Waals surface area (Å²) in [6.45, 7) is 3.04. The van der Waals surface area contributed by atoms with Gasteiger partial charge in [-0.25, -0.2) is 4.79 Å². The predicted molar refractivity (Wildman–Crippen MR) is 117 cm³/mol. The van der Waals surface area contributed by atoms with Crippen molar-refractivity contribution in [3.05, 3.63) is 41.0 Å². The summed E-state index contributed by atoms with van der Waals surface area (Å²) in [5, 5.41) is 0. The summed E-state index contributed by atoms with van der Waals surface area (Å²) in [4.78, 5) is 29.5. The molecule has 0 unspecified atom stereocenters. The Balaban J connectivity index is 1.74. The fourth-order valence-electron chi connectivity index (χ4n) is 4.97. The van der Waals surface area contributed by atoms with Gasteiger partial charge in [0.25, 0.3) is 5.91 Å². The lowest BCUT2D eigenvalue weighted by molar-refractivity contribution is -0.128. The van der Waals surface area contributed by atoms with Crippen molar-refractivity contribution in [1.82, 2.24) is 9.80 Å². The maximum atomic E-state index is 13.4. The molecule has 1 fully saturated rings. The Morgan fingerprint density at radius 2 is 1.58 bits per heavy atom. The summed E-state index contributed by atoms with van der Waals surface area (Å²) in [6.07, 6.45) is 0.411. The number of carbonyl (C=O) groups is 2. The maximum absolute atomic E-state index is 13.4. The highest BCUT2D eigenvalue weighted by molar-refractivity contribution is 6.05. The van der Waals surface area contributed by atoms with Crippen LogP contribution in [0.3, 0.4) is 0 Å². The molecule has 1 saturated heterocycles. The van der Waals surface area contributed by atoms with E-state index < -0.39 is 12.1 Å². The zero-order valence-corrected chi connectivity index (χ0v) is 19.0. The molecule has 3 heterocycles. The van der Waals surface area contributed by atoms with E-state index in [1.165, 1.54) is 12.0 Å². The molecule has 0 radical (unpaired) electrons. The zero-order chi connectivity index (χ0) is 23.3. The second-order valence-corrected chi connectivity index (χ2v) is 8.05. The van der Waals surface area contributed by atoms with Crippen LogP contribution in [-0.4, -0.2) is 68.9 Å². The van der Waals surface area contributed by atoms with Gasteiger partial charge in [0.2, 0.25) is 5.75 Å². The van der Waals surface area contributed by atoms with Gasteiger partial charge in [-0.2, -0.15) is 0 Å². The van der Waals surface area contributed by atoms with E-state index >= 15 is 0 Å². The SMILES string of the molecule is CCN1C(=O)[C@@H]2Cc3cc4c(cc3[C@@H](c3cc(OC)c(OC)c(OC)c3)N2C1=O)OCCO4. The Bertz CT molecular complexity index is 1110. The van der Waals surface area contributed by atoms with E-state index in [-0.39, 0.29) is 11.9 Å². The van der Waals surface area contributed by atoms with E-state index in [2.05, 4.69) is 0 Å². The third-order valence-corrected chi connectivity index (χ3v) is 6.45. The molecule has 3 aliphatic heterocycles. The lowest BCUT2D eigenvalue weighted by Gasteiger charge is -2.38. The van der Waals surface area contributed by atoms with Crippen molar-refractivity contribution in [2.75, 3.05) is 41.1 Å². The Hall–Kier alpha value is -3.62. The molecule has 0 bridgehead atoms. The topological polar surface area (TPSA) is 86.8 Å². The van der Waals surface area contributed by atoms with Crippen molar-refractivity contribution in [2.24, 2.45) is 0 Å². The van der Waals surface area contributed by atoms with E-state index in [0.717, 1.165) is 16.7 Å². The summed E-state index contributed by atoms with van der Waals surface area (Å²) in [5.74, 6) is 2.48. The van der Waals surface area contributed by atoms with Gasteiger partial charge in [-0.1, -0.05) is 0 Å². The van der Waals surface area contributed by atoms with Crippen molar-refractivity contribution in [2.45, 2.75) is 25.4 Å². The van der Waals surface area contributed by atoms with Gasteiger partial charge >= 0.3 is 6.03 Å². The minimum Gasteiger partial charge on any atom is -0.493 e. The van der Waals surface area contributed by atoms with Crippen LogP contribution in [0.15, 0.2) is 24.3 Å². The van der Waals surface area contributed by atoms with Crippen molar-refractivity contribution >= 4 is 11.9 Å². The molecule has 174 valence electrons. The summed E-state index contributed by atoms with van der Waals surface area (Å²) in [7, 11) is 4.63. The normalized spacial score (nSPS) is 21.0. The number of hydrogen-bond donors (Lipinski definition) is 0. The van der Waals surface area contributed by atoms with E-state index in [0.29, 0.717) is 54.9 Å². The number of ether oxygens (including phenoxy) is 5. The predicted octanol–water partition coefficient (Wildman–Crippen LogP) is 2.78. The first kappa shape index (κ1) is 21.2. The van der Waals surface area contributed by atoms with Gasteiger partial charge in [0.1, 0.15) is 19.3 Å². The van der Waals surface area contributed by atoms with Crippen LogP contribution >= 0.6 is 0 Å². The molecule has 9 heteroatoms. The first-order chi connectivity index (χ1) is 16.0. The number of hydrogen-bond acceptors (Lipinski definition) is 7. The summed E-state index contributed by atoms with van der Waals surface area (Å²) in [6, 6.07) is 6.03. The second-order valence-electron chi connectivity index (χ2n) is 8.05. The third kappa shape index (κ3) is 3.13. The number of nitrogens with zero attached hydrogens (tertiary/aromatic N) is 2. The Kier molecular flexibility index (Phi) is 5.19. The number of methoxy groups -OCH3 is 3. The fraction of sp³-hybridized carbons (Fsp3) is 0.417. The van der Waals surface area contributed by atoms with Crippen molar-refractivity contribution < 1.29 is 33.3 Å². The summed E-state index contributed by atoms with van der Waals surface area (Å²) < 4.78 is 28.2. The van der Waals surface area contributed by atoms with Crippen molar-refractivity contribution in [3.8, 4) is 28.7 Å². The largest absolute Gasteiger partial charge is 0.493 e. The van der Waals surface area contributed by atoms with Crippen LogP contribution in [0, 0.1) is 0 Å². The highest BCUT2D eigenvalue weighted by Crippen LogP contribution is 2.49. The number of carbonyl (C=O) groups excluding carboxylic acids is 2. The van der Waals surface area contributed by atoms with E-state index in [1.807, 2.05) is 24.3 Å². The van der Waals surface area contributed by atoms with Gasteiger partial charge in [-0.3, -0.25) is 9.69 Å². The molecule has 3 amide bonds. The first-order valence-corrected chi connectivity index (χ1v) is 10.9. The fourth-order valence-corrected chi connectivity index (χ4v) is 4.97. The van der Waals surface area contributed by atoms with E-state index in [1.54, 1.807) is 26.0 Å². The smallest absolute Gasteiger partial charge is 0.328 e. The van der Waals surface area contributed by atoms with Gasteiger partial charge in [0.15, 0.2) is 23.0 Å². The van der Waals surface area contributed by atoms with Gasteiger partial charge in [0.05, 0.1) is 27.4 Å². The highest BCUT2D eigenvalue weighted by atomic mass is 16.6. The molecule has 0 spiro atoms. The van der Waals surface area contributed by atoms with E-state index in [4.69, 9.17) is 23.7 Å². The molecule has 3 aliphatic rings. The van der Waals surface area contributed by atoms with Crippen LogP contribution < -0.4 is 23.7 Å². The van der Waals surface area contributed by atoms with Crippen molar-refractivity contribution in [1.29, 1.82) is 0 Å². The number of rotatable bonds is 5. The lowest BCUT2D eigenvalue weighted by atomic mass is 9.84. The van der Waals surface area contributed by atoms with Gasteiger partial charge < -0.3 is 28.6 Å². The molecule has 0 aromatic heterocycles. The van der Waals surface area contributed by atoms with Crippen LogP contribution in [-0.2, 0) is 11.2 Å². The summed E-state index contributed by atoms with van der Waals surface area (Å²) in [5.41, 5.74) is 2.56. The Morgan fingerprint density at radius 3 is 2.15 bits per heavy atom. The van der Waals surface area contributed by atoms with Crippen LogP contribution in [0.25, 0.3) is 0 Å². The van der Waals surface area contributed by atoms with Gasteiger partial charge in [-0.05, 0) is 47.9 Å². The molecular formula is C24H26N2O7. The Morgan fingerprint density at radius 1 is 0.939 bits per heavy atom. The molecule has 0 N–H and O–H groups in total. The molecular weight excluding hydrogens is 428 g/mol. The molecule has 5 rings (SSSR count). The number of benzene rings is 2. The van der Waals surface area contributed by atoms with Crippen LogP contribution in [0.1, 0.15) is 29.7 Å². The third-order valence-electron chi connectivity index (χ3n) is 6.45. The molecule has 9 nitrogen and oxygen atoms in total. The molecule has 33 heavy (non-hydrogen) atoms. The second kappa shape index (κ2) is 8.06. The minimum atomic E-state index is -0.600. The number of urea groups is 1. The molecule has 0 saturated carbocycles. The average Bonchev–Trinajstić information content (AvgIpc) is 3.08. The summed E-state index contributed by atoms with van der Waals surface area (Å²) >= 11 is 0. The molecule has 2 aromatic rings. The molecule has 2 aromatic carbocycles. The monoisotopic (exact) mass is 454 g/mol. The first-order valence-electron chi connectivity index (χ1n) is 10.9. The van der Waals surface area contributed by atoms with E-state index in [9.17, 15) is 9.59 Å². The van der Waals surface area contributed by atoms with Crippen LogP contribution in [0.4, 0.5) is 4.79 Å².